The first-order chi connectivity index (χ1) is 7.59. The number of hydrogen-bond acceptors (Lipinski definition) is 1. The van der Waals surface area contributed by atoms with Gasteiger partial charge >= 0.3 is 0 Å². The highest BCUT2D eigenvalue weighted by atomic mass is 35.5. The van der Waals surface area contributed by atoms with Gasteiger partial charge in [0.2, 0.25) is 0 Å². The van der Waals surface area contributed by atoms with E-state index in [1.54, 1.807) is 4.90 Å². The van der Waals surface area contributed by atoms with Crippen molar-refractivity contribution in [3.63, 3.8) is 0 Å². The first-order valence-corrected chi connectivity index (χ1v) is 5.78. The van der Waals surface area contributed by atoms with Crippen molar-refractivity contribution >= 4 is 29.1 Å². The zero-order chi connectivity index (χ0) is 11.7. The molecule has 1 atom stereocenters. The SMILES string of the molecule is O=C(c1cccc(F)c1Cl)N1CCC(Cl)C1. The number of rotatable bonds is 1. The molecule has 0 N–H and O–H groups in total. The molecule has 1 aliphatic heterocycles. The number of carbonyl (C=O) groups excluding carboxylic acids is 1. The van der Waals surface area contributed by atoms with Gasteiger partial charge in [-0.1, -0.05) is 17.7 Å². The maximum absolute atomic E-state index is 13.2. The molecule has 0 saturated carbocycles. The lowest BCUT2D eigenvalue weighted by atomic mass is 10.2. The van der Waals surface area contributed by atoms with Crippen molar-refractivity contribution < 1.29 is 9.18 Å². The van der Waals surface area contributed by atoms with E-state index in [2.05, 4.69) is 0 Å². The molecule has 0 aromatic heterocycles. The maximum atomic E-state index is 13.2. The molecule has 1 saturated heterocycles. The van der Waals surface area contributed by atoms with Crippen molar-refractivity contribution in [3.8, 4) is 0 Å². The second-order valence-corrected chi connectivity index (χ2v) is 4.73. The first kappa shape index (κ1) is 11.7. The molecule has 16 heavy (non-hydrogen) atoms. The zero-order valence-corrected chi connectivity index (χ0v) is 9.93. The number of nitrogens with zero attached hydrogens (tertiary/aromatic N) is 1. The van der Waals surface area contributed by atoms with Crippen LogP contribution in [0.3, 0.4) is 0 Å². The van der Waals surface area contributed by atoms with Gasteiger partial charge < -0.3 is 4.90 Å². The van der Waals surface area contributed by atoms with Crippen LogP contribution in [-0.4, -0.2) is 29.3 Å². The van der Waals surface area contributed by atoms with Gasteiger partial charge in [-0.2, -0.15) is 0 Å². The molecule has 1 aromatic rings. The van der Waals surface area contributed by atoms with Crippen LogP contribution in [0.2, 0.25) is 5.02 Å². The summed E-state index contributed by atoms with van der Waals surface area (Å²) in [5, 5.41) is -0.137. The van der Waals surface area contributed by atoms with Crippen LogP contribution in [0.15, 0.2) is 18.2 Å². The Bertz CT molecular complexity index is 424. The number of likely N-dealkylation sites (tertiary alicyclic amines) is 1. The molecule has 5 heteroatoms. The lowest BCUT2D eigenvalue weighted by Crippen LogP contribution is -2.29. The largest absolute Gasteiger partial charge is 0.337 e. The van der Waals surface area contributed by atoms with Gasteiger partial charge in [-0.25, -0.2) is 4.39 Å². The normalized spacial score (nSPS) is 20.2. The van der Waals surface area contributed by atoms with E-state index in [0.29, 0.717) is 13.1 Å². The number of hydrogen-bond donors (Lipinski definition) is 0. The highest BCUT2D eigenvalue weighted by Crippen LogP contribution is 2.24. The molecule has 0 aliphatic carbocycles. The molecule has 86 valence electrons. The second-order valence-electron chi connectivity index (χ2n) is 3.74. The van der Waals surface area contributed by atoms with E-state index in [-0.39, 0.29) is 21.9 Å². The molecule has 1 aromatic carbocycles. The summed E-state index contributed by atoms with van der Waals surface area (Å²) in [5.74, 6) is -0.832. The Morgan fingerprint density at radius 3 is 2.88 bits per heavy atom. The van der Waals surface area contributed by atoms with E-state index in [1.165, 1.54) is 18.2 Å². The Balaban J connectivity index is 2.24. The van der Waals surface area contributed by atoms with Crippen LogP contribution in [0.25, 0.3) is 0 Å². The zero-order valence-electron chi connectivity index (χ0n) is 8.42. The average molecular weight is 262 g/mol. The van der Waals surface area contributed by atoms with Crippen molar-refractivity contribution in [1.29, 1.82) is 0 Å². The van der Waals surface area contributed by atoms with Crippen LogP contribution in [0.5, 0.6) is 0 Å². The fourth-order valence-electron chi connectivity index (χ4n) is 1.74. The van der Waals surface area contributed by atoms with Crippen molar-refractivity contribution in [1.82, 2.24) is 4.90 Å². The van der Waals surface area contributed by atoms with Crippen LogP contribution in [-0.2, 0) is 0 Å². The summed E-state index contributed by atoms with van der Waals surface area (Å²) in [6, 6.07) is 4.23. The van der Waals surface area contributed by atoms with Crippen LogP contribution < -0.4 is 0 Å². The number of halogens is 3. The molecule has 2 rings (SSSR count). The minimum Gasteiger partial charge on any atom is -0.337 e. The quantitative estimate of drug-likeness (QED) is 0.712. The van der Waals surface area contributed by atoms with E-state index < -0.39 is 5.82 Å². The van der Waals surface area contributed by atoms with Crippen LogP contribution >= 0.6 is 23.2 Å². The summed E-state index contributed by atoms with van der Waals surface area (Å²) in [7, 11) is 0. The predicted molar refractivity (Wildman–Crippen MR) is 61.6 cm³/mol. The standard InChI is InChI=1S/C11H10Cl2FNO/c12-7-4-5-15(6-7)11(16)8-2-1-3-9(14)10(8)13/h1-3,7H,4-6H2. The van der Waals surface area contributed by atoms with E-state index in [4.69, 9.17) is 23.2 Å². The van der Waals surface area contributed by atoms with E-state index in [9.17, 15) is 9.18 Å². The summed E-state index contributed by atoms with van der Waals surface area (Å²) in [5.41, 5.74) is 0.201. The summed E-state index contributed by atoms with van der Waals surface area (Å²) >= 11 is 11.7. The second kappa shape index (κ2) is 4.60. The average Bonchev–Trinajstić information content (AvgIpc) is 2.68. The van der Waals surface area contributed by atoms with Gasteiger partial charge in [0.1, 0.15) is 5.82 Å². The Morgan fingerprint density at radius 1 is 1.50 bits per heavy atom. The van der Waals surface area contributed by atoms with Gasteiger partial charge in [0.25, 0.3) is 5.91 Å². The van der Waals surface area contributed by atoms with E-state index >= 15 is 0 Å². The Hall–Kier alpha value is -0.800. The van der Waals surface area contributed by atoms with Gasteiger partial charge in [0, 0.05) is 13.1 Å². The Kier molecular flexibility index (Phi) is 3.36. The minimum absolute atomic E-state index is 0.0173. The van der Waals surface area contributed by atoms with Crippen LogP contribution in [0.4, 0.5) is 4.39 Å². The number of benzene rings is 1. The van der Waals surface area contributed by atoms with Crippen molar-refractivity contribution in [2.24, 2.45) is 0 Å². The maximum Gasteiger partial charge on any atom is 0.255 e. The van der Waals surface area contributed by atoms with Gasteiger partial charge in [0.15, 0.2) is 0 Å². The third kappa shape index (κ3) is 2.15. The third-order valence-corrected chi connectivity index (χ3v) is 3.34. The molecule has 1 aliphatic rings. The highest BCUT2D eigenvalue weighted by Gasteiger charge is 2.27. The minimum atomic E-state index is -0.575. The predicted octanol–water partition coefficient (Wildman–Crippen LogP) is 2.93. The summed E-state index contributed by atoms with van der Waals surface area (Å²) in [6.45, 7) is 1.09. The molecular weight excluding hydrogens is 252 g/mol. The summed E-state index contributed by atoms with van der Waals surface area (Å²) < 4.78 is 13.2. The summed E-state index contributed by atoms with van der Waals surface area (Å²) in [6.07, 6.45) is 0.764. The topological polar surface area (TPSA) is 20.3 Å². The fourth-order valence-corrected chi connectivity index (χ4v) is 2.21. The number of alkyl halides is 1. The van der Waals surface area contributed by atoms with E-state index in [1.807, 2.05) is 0 Å². The van der Waals surface area contributed by atoms with Crippen LogP contribution in [0.1, 0.15) is 16.8 Å². The molecule has 2 nitrogen and oxygen atoms in total. The number of carbonyl (C=O) groups is 1. The van der Waals surface area contributed by atoms with Gasteiger partial charge in [-0.05, 0) is 18.6 Å². The Morgan fingerprint density at radius 2 is 2.25 bits per heavy atom. The van der Waals surface area contributed by atoms with Gasteiger partial charge in [-0.3, -0.25) is 4.79 Å². The third-order valence-electron chi connectivity index (χ3n) is 2.60. The van der Waals surface area contributed by atoms with Crippen LogP contribution in [0, 0.1) is 5.82 Å². The highest BCUT2D eigenvalue weighted by molar-refractivity contribution is 6.34. The molecule has 0 spiro atoms. The molecule has 0 bridgehead atoms. The van der Waals surface area contributed by atoms with Gasteiger partial charge in [-0.15, -0.1) is 11.6 Å². The van der Waals surface area contributed by atoms with Crippen molar-refractivity contribution in [2.75, 3.05) is 13.1 Å². The summed E-state index contributed by atoms with van der Waals surface area (Å²) in [4.78, 5) is 13.6. The number of amides is 1. The smallest absolute Gasteiger partial charge is 0.255 e. The lowest BCUT2D eigenvalue weighted by Gasteiger charge is -2.16. The van der Waals surface area contributed by atoms with Gasteiger partial charge in [0.05, 0.1) is 16.0 Å². The fraction of sp³-hybridized carbons (Fsp3) is 0.364. The molecular formula is C11H10Cl2FNO. The monoisotopic (exact) mass is 261 g/mol. The molecule has 1 fully saturated rings. The first-order valence-electron chi connectivity index (χ1n) is 4.97. The molecule has 1 amide bonds. The molecule has 1 heterocycles. The molecule has 0 radical (unpaired) electrons. The Labute approximate surface area is 103 Å². The lowest BCUT2D eigenvalue weighted by molar-refractivity contribution is 0.0793. The van der Waals surface area contributed by atoms with E-state index in [0.717, 1.165) is 6.42 Å². The van der Waals surface area contributed by atoms with Crippen molar-refractivity contribution in [3.05, 3.63) is 34.6 Å². The molecule has 1 unspecified atom stereocenters. The van der Waals surface area contributed by atoms with Crippen molar-refractivity contribution in [2.45, 2.75) is 11.8 Å².